The van der Waals surface area contributed by atoms with Gasteiger partial charge in [-0.25, -0.2) is 4.79 Å². The van der Waals surface area contributed by atoms with Crippen molar-refractivity contribution in [2.45, 2.75) is 6.04 Å². The molecule has 8 heteroatoms. The number of carbonyl (C=O) groups excluding carboxylic acids is 1. The molecule has 2 aliphatic heterocycles. The van der Waals surface area contributed by atoms with Gasteiger partial charge in [0, 0.05) is 32.7 Å². The van der Waals surface area contributed by atoms with Crippen molar-refractivity contribution >= 4 is 12.0 Å². The van der Waals surface area contributed by atoms with Gasteiger partial charge in [0.05, 0.1) is 32.4 Å². The molecular formula is C12H21N3O5. The van der Waals surface area contributed by atoms with E-state index in [9.17, 15) is 14.7 Å². The van der Waals surface area contributed by atoms with Gasteiger partial charge in [-0.15, -0.1) is 0 Å². The van der Waals surface area contributed by atoms with Crippen LogP contribution < -0.4 is 0 Å². The number of morpholine rings is 1. The van der Waals surface area contributed by atoms with Gasteiger partial charge in [0.1, 0.15) is 0 Å². The molecule has 1 unspecified atom stereocenters. The van der Waals surface area contributed by atoms with Crippen molar-refractivity contribution in [3.8, 4) is 0 Å². The minimum Gasteiger partial charge on any atom is -0.480 e. The van der Waals surface area contributed by atoms with Crippen LogP contribution in [-0.4, -0.2) is 102 Å². The van der Waals surface area contributed by atoms with E-state index in [1.807, 2.05) is 4.90 Å². The van der Waals surface area contributed by atoms with Crippen LogP contribution in [0.5, 0.6) is 0 Å². The lowest BCUT2D eigenvalue weighted by molar-refractivity contribution is -0.138. The molecule has 0 radical (unpaired) electrons. The maximum Gasteiger partial charge on any atom is 0.320 e. The largest absolute Gasteiger partial charge is 0.480 e. The first-order chi connectivity index (χ1) is 9.61. The number of aliphatic carboxylic acids is 1. The number of amides is 2. The number of hydrogen-bond donors (Lipinski definition) is 2. The summed E-state index contributed by atoms with van der Waals surface area (Å²) < 4.78 is 5.26. The zero-order valence-electron chi connectivity index (χ0n) is 11.4. The second-order valence-corrected chi connectivity index (χ2v) is 5.04. The maximum atomic E-state index is 12.4. The summed E-state index contributed by atoms with van der Waals surface area (Å²) in [6.45, 7) is 3.40. The Morgan fingerprint density at radius 2 is 1.85 bits per heavy atom. The van der Waals surface area contributed by atoms with Gasteiger partial charge in [-0.3, -0.25) is 9.69 Å². The molecule has 0 saturated carbocycles. The van der Waals surface area contributed by atoms with Crippen LogP contribution in [0.15, 0.2) is 0 Å². The fraction of sp³-hybridized carbons (Fsp3) is 0.833. The van der Waals surface area contributed by atoms with Crippen LogP contribution in [0.3, 0.4) is 0 Å². The zero-order valence-corrected chi connectivity index (χ0v) is 11.4. The van der Waals surface area contributed by atoms with Gasteiger partial charge in [0.15, 0.2) is 0 Å². The summed E-state index contributed by atoms with van der Waals surface area (Å²) in [5.74, 6) is -0.849. The number of rotatable bonds is 3. The number of aliphatic hydroxyl groups is 1. The molecule has 2 heterocycles. The Kier molecular flexibility index (Phi) is 5.16. The molecule has 114 valence electrons. The first-order valence-electron chi connectivity index (χ1n) is 6.80. The number of nitrogens with zero attached hydrogens (tertiary/aromatic N) is 3. The summed E-state index contributed by atoms with van der Waals surface area (Å²) >= 11 is 0. The van der Waals surface area contributed by atoms with E-state index < -0.39 is 5.97 Å². The van der Waals surface area contributed by atoms with Crippen LogP contribution in [0.1, 0.15) is 0 Å². The number of carboxylic acid groups (broad SMARTS) is 1. The quantitative estimate of drug-likeness (QED) is 0.656. The van der Waals surface area contributed by atoms with Crippen molar-refractivity contribution in [1.29, 1.82) is 0 Å². The van der Waals surface area contributed by atoms with Crippen LogP contribution >= 0.6 is 0 Å². The highest BCUT2D eigenvalue weighted by atomic mass is 16.5. The number of hydrogen-bond acceptors (Lipinski definition) is 5. The molecule has 2 fully saturated rings. The molecule has 2 rings (SSSR count). The minimum absolute atomic E-state index is 0.0127. The van der Waals surface area contributed by atoms with E-state index in [1.54, 1.807) is 9.80 Å². The van der Waals surface area contributed by atoms with E-state index in [-0.39, 0.29) is 25.2 Å². The lowest BCUT2D eigenvalue weighted by atomic mass is 10.2. The topological polar surface area (TPSA) is 93.6 Å². The molecule has 0 aromatic heterocycles. The van der Waals surface area contributed by atoms with Crippen molar-refractivity contribution < 1.29 is 24.5 Å². The Morgan fingerprint density at radius 3 is 2.45 bits per heavy atom. The van der Waals surface area contributed by atoms with Crippen molar-refractivity contribution in [3.63, 3.8) is 0 Å². The molecule has 2 amide bonds. The smallest absolute Gasteiger partial charge is 0.320 e. The molecule has 0 aliphatic carbocycles. The van der Waals surface area contributed by atoms with Crippen LogP contribution in [0.25, 0.3) is 0 Å². The van der Waals surface area contributed by atoms with Gasteiger partial charge in [-0.05, 0) is 0 Å². The van der Waals surface area contributed by atoms with Crippen molar-refractivity contribution in [2.24, 2.45) is 0 Å². The molecule has 0 bridgehead atoms. The summed E-state index contributed by atoms with van der Waals surface area (Å²) in [5, 5.41) is 18.0. The molecule has 8 nitrogen and oxygen atoms in total. The molecule has 2 saturated heterocycles. The van der Waals surface area contributed by atoms with Crippen LogP contribution in [0.4, 0.5) is 4.79 Å². The third-order valence-corrected chi connectivity index (χ3v) is 3.69. The van der Waals surface area contributed by atoms with Crippen molar-refractivity contribution in [2.75, 3.05) is 59.1 Å². The summed E-state index contributed by atoms with van der Waals surface area (Å²) in [6.07, 6.45) is 0. The van der Waals surface area contributed by atoms with Crippen molar-refractivity contribution in [1.82, 2.24) is 14.7 Å². The Morgan fingerprint density at radius 1 is 1.15 bits per heavy atom. The van der Waals surface area contributed by atoms with Gasteiger partial charge in [0.25, 0.3) is 0 Å². The number of aliphatic hydroxyl groups excluding tert-OH is 1. The van der Waals surface area contributed by atoms with E-state index >= 15 is 0 Å². The van der Waals surface area contributed by atoms with E-state index in [0.717, 1.165) is 0 Å². The normalized spacial score (nSPS) is 24.8. The van der Waals surface area contributed by atoms with Crippen LogP contribution in [0.2, 0.25) is 0 Å². The predicted octanol–water partition coefficient (Wildman–Crippen LogP) is -1.50. The average molecular weight is 287 g/mol. The molecule has 0 aromatic rings. The Labute approximate surface area is 117 Å². The van der Waals surface area contributed by atoms with Crippen LogP contribution in [-0.2, 0) is 9.53 Å². The molecule has 0 aromatic carbocycles. The third kappa shape index (κ3) is 3.59. The standard InChI is InChI=1S/C12H21N3O5/c16-8-10-9-20-6-5-15(10)12(19)14-3-1-13(2-4-14)7-11(17)18/h10,16H,1-9H2,(H,17,18). The lowest BCUT2D eigenvalue weighted by Crippen LogP contribution is -2.58. The Bertz CT molecular complexity index is 357. The molecular weight excluding hydrogens is 266 g/mol. The van der Waals surface area contributed by atoms with Gasteiger partial charge in [-0.2, -0.15) is 0 Å². The SMILES string of the molecule is O=C(O)CN1CCN(C(=O)N2CCOCC2CO)CC1. The molecule has 20 heavy (non-hydrogen) atoms. The molecule has 1 atom stereocenters. The third-order valence-electron chi connectivity index (χ3n) is 3.69. The van der Waals surface area contributed by atoms with Gasteiger partial charge >= 0.3 is 12.0 Å². The summed E-state index contributed by atoms with van der Waals surface area (Å²) in [5.41, 5.74) is 0. The van der Waals surface area contributed by atoms with Gasteiger partial charge in [-0.1, -0.05) is 0 Å². The van der Waals surface area contributed by atoms with Gasteiger partial charge in [0.2, 0.25) is 0 Å². The second-order valence-electron chi connectivity index (χ2n) is 5.04. The molecule has 2 N–H and O–H groups in total. The number of piperazine rings is 1. The number of ether oxygens (including phenoxy) is 1. The average Bonchev–Trinajstić information content (AvgIpc) is 2.46. The number of carbonyl (C=O) groups is 2. The van der Waals surface area contributed by atoms with Crippen LogP contribution in [0, 0.1) is 0 Å². The maximum absolute atomic E-state index is 12.4. The van der Waals surface area contributed by atoms with Crippen molar-refractivity contribution in [3.05, 3.63) is 0 Å². The summed E-state index contributed by atoms with van der Waals surface area (Å²) in [7, 11) is 0. The highest BCUT2D eigenvalue weighted by Crippen LogP contribution is 2.12. The highest BCUT2D eigenvalue weighted by Gasteiger charge is 2.31. The van der Waals surface area contributed by atoms with E-state index in [2.05, 4.69) is 0 Å². The second kappa shape index (κ2) is 6.87. The van der Waals surface area contributed by atoms with E-state index in [4.69, 9.17) is 9.84 Å². The first-order valence-corrected chi connectivity index (χ1v) is 6.80. The predicted molar refractivity (Wildman–Crippen MR) is 69.4 cm³/mol. The number of carboxylic acids is 1. The lowest BCUT2D eigenvalue weighted by Gasteiger charge is -2.41. The summed E-state index contributed by atoms with van der Waals surface area (Å²) in [6, 6.07) is -0.379. The fourth-order valence-corrected chi connectivity index (χ4v) is 2.53. The number of urea groups is 1. The Balaban J connectivity index is 1.86. The highest BCUT2D eigenvalue weighted by molar-refractivity contribution is 5.75. The zero-order chi connectivity index (χ0) is 14.5. The summed E-state index contributed by atoms with van der Waals surface area (Å²) in [4.78, 5) is 28.2. The van der Waals surface area contributed by atoms with E-state index in [0.29, 0.717) is 45.9 Å². The fourth-order valence-electron chi connectivity index (χ4n) is 2.53. The van der Waals surface area contributed by atoms with E-state index in [1.165, 1.54) is 0 Å². The van der Waals surface area contributed by atoms with Gasteiger partial charge < -0.3 is 24.7 Å². The molecule has 2 aliphatic rings. The molecule has 0 spiro atoms. The minimum atomic E-state index is -0.849. The monoisotopic (exact) mass is 287 g/mol. The first kappa shape index (κ1) is 15.0. The Hall–Kier alpha value is -1.38.